The van der Waals surface area contributed by atoms with E-state index >= 15 is 0 Å². The van der Waals surface area contributed by atoms with Crippen LogP contribution >= 0.6 is 0 Å². The maximum atomic E-state index is 12.1. The molecule has 1 aliphatic heterocycles. The number of fused-ring (bicyclic) bond motifs is 1. The Morgan fingerprint density at radius 1 is 0.971 bits per heavy atom. The van der Waals surface area contributed by atoms with Crippen LogP contribution in [0.1, 0.15) is 24.2 Å². The Balaban J connectivity index is 1.54. The van der Waals surface area contributed by atoms with Gasteiger partial charge in [0, 0.05) is 49.9 Å². The quantitative estimate of drug-likeness (QED) is 0.475. The third-order valence-corrected chi connectivity index (χ3v) is 5.67. The summed E-state index contributed by atoms with van der Waals surface area (Å²) in [6.45, 7) is 6.53. The van der Waals surface area contributed by atoms with Crippen LogP contribution in [-0.2, 0) is 4.74 Å². The number of carbonyl (C=O) groups excluding carboxylic acids is 1. The van der Waals surface area contributed by atoms with E-state index in [1.165, 1.54) is 13.3 Å². The number of benzene rings is 1. The number of nitrogens with one attached hydrogen (secondary N) is 1. The summed E-state index contributed by atoms with van der Waals surface area (Å²) in [5.41, 5.74) is 7.24. The van der Waals surface area contributed by atoms with Gasteiger partial charge in [0.15, 0.2) is 11.5 Å². The summed E-state index contributed by atoms with van der Waals surface area (Å²) < 4.78 is 15.6. The molecule has 3 aromatic rings. The summed E-state index contributed by atoms with van der Waals surface area (Å²) in [6, 6.07) is 3.67. The predicted molar refractivity (Wildman–Crippen MR) is 134 cm³/mol. The zero-order valence-electron chi connectivity index (χ0n) is 20.5. The summed E-state index contributed by atoms with van der Waals surface area (Å²) in [5.74, 6) is 2.58. The van der Waals surface area contributed by atoms with Crippen LogP contribution in [0.2, 0.25) is 0 Å². The first-order valence-corrected chi connectivity index (χ1v) is 11.3. The molecule has 0 unspecified atom stereocenters. The van der Waals surface area contributed by atoms with Gasteiger partial charge < -0.3 is 35.1 Å². The second kappa shape index (κ2) is 10.0. The van der Waals surface area contributed by atoms with E-state index in [1.54, 1.807) is 26.4 Å². The number of carbonyl (C=O) groups is 1. The molecule has 2 aromatic heterocycles. The molecule has 1 aliphatic rings. The second-order valence-corrected chi connectivity index (χ2v) is 8.33. The molecule has 0 atom stereocenters. The number of methoxy groups -OCH3 is 3. The van der Waals surface area contributed by atoms with Crippen LogP contribution in [0.4, 0.5) is 23.5 Å². The number of esters is 1. The van der Waals surface area contributed by atoms with Gasteiger partial charge in [-0.2, -0.15) is 9.97 Å². The van der Waals surface area contributed by atoms with Gasteiger partial charge in [-0.15, -0.1) is 0 Å². The van der Waals surface area contributed by atoms with Crippen molar-refractivity contribution in [2.24, 2.45) is 0 Å². The molecule has 1 aromatic carbocycles. The summed E-state index contributed by atoms with van der Waals surface area (Å²) in [5, 5.41) is 3.90. The first-order chi connectivity index (χ1) is 16.8. The number of hydrogen-bond donors (Lipinski definition) is 2. The Kier molecular flexibility index (Phi) is 6.90. The molecule has 0 amide bonds. The SMILES string of the molecule is COC(=O)c1cnc(N2CCN(c3nc(N)c4cc(OC)c(OC)cc4n3)CC2)nc1NC(C)C. The lowest BCUT2D eigenvalue weighted by atomic mass is 10.2. The molecule has 3 heterocycles. The number of nitrogens with two attached hydrogens (primary N) is 1. The number of ether oxygens (including phenoxy) is 3. The fourth-order valence-corrected chi connectivity index (χ4v) is 3.88. The van der Waals surface area contributed by atoms with E-state index in [0.29, 0.717) is 77.7 Å². The van der Waals surface area contributed by atoms with Crippen molar-refractivity contribution >= 4 is 40.4 Å². The van der Waals surface area contributed by atoms with Gasteiger partial charge in [-0.25, -0.2) is 14.8 Å². The highest BCUT2D eigenvalue weighted by Gasteiger charge is 2.24. The van der Waals surface area contributed by atoms with Gasteiger partial charge in [0.25, 0.3) is 0 Å². The minimum Gasteiger partial charge on any atom is -0.493 e. The predicted octanol–water partition coefficient (Wildman–Crippen LogP) is 1.95. The van der Waals surface area contributed by atoms with Crippen LogP contribution in [0.25, 0.3) is 10.9 Å². The van der Waals surface area contributed by atoms with Crippen molar-refractivity contribution in [1.29, 1.82) is 0 Å². The van der Waals surface area contributed by atoms with E-state index in [-0.39, 0.29) is 6.04 Å². The molecule has 12 nitrogen and oxygen atoms in total. The van der Waals surface area contributed by atoms with Gasteiger partial charge in [-0.3, -0.25) is 0 Å². The number of piperazine rings is 1. The third-order valence-electron chi connectivity index (χ3n) is 5.67. The highest BCUT2D eigenvalue weighted by Crippen LogP contribution is 2.34. The van der Waals surface area contributed by atoms with Gasteiger partial charge in [-0.1, -0.05) is 0 Å². The van der Waals surface area contributed by atoms with Crippen LogP contribution < -0.4 is 30.3 Å². The number of aromatic nitrogens is 4. The van der Waals surface area contributed by atoms with Crippen LogP contribution in [-0.4, -0.2) is 79.5 Å². The normalized spacial score (nSPS) is 13.8. The van der Waals surface area contributed by atoms with Crippen LogP contribution in [0, 0.1) is 0 Å². The zero-order chi connectivity index (χ0) is 25.1. The first kappa shape index (κ1) is 24.0. The standard InChI is InChI=1S/C23H30N8O4/c1-13(2)26-20-15(21(32)35-5)12-25-22(29-20)30-6-8-31(9-7-30)23-27-16-11-18(34-4)17(33-3)10-14(16)19(24)28-23/h10-13H,6-9H2,1-5H3,(H2,24,27,28)(H,25,26,29). The molecule has 0 spiro atoms. The van der Waals surface area contributed by atoms with Gasteiger partial charge in [0.05, 0.1) is 26.8 Å². The molecule has 0 bridgehead atoms. The zero-order valence-corrected chi connectivity index (χ0v) is 20.5. The number of hydrogen-bond acceptors (Lipinski definition) is 12. The van der Waals surface area contributed by atoms with Crippen LogP contribution in [0.15, 0.2) is 18.3 Å². The maximum absolute atomic E-state index is 12.1. The summed E-state index contributed by atoms with van der Waals surface area (Å²) >= 11 is 0. The number of rotatable bonds is 7. The minimum atomic E-state index is -0.482. The Morgan fingerprint density at radius 2 is 1.60 bits per heavy atom. The number of anilines is 4. The highest BCUT2D eigenvalue weighted by molar-refractivity contribution is 5.94. The van der Waals surface area contributed by atoms with E-state index < -0.39 is 5.97 Å². The Labute approximate surface area is 203 Å². The minimum absolute atomic E-state index is 0.0899. The molecular formula is C23H30N8O4. The monoisotopic (exact) mass is 482 g/mol. The molecule has 1 saturated heterocycles. The number of nitrogen functional groups attached to an aromatic ring is 1. The Bertz CT molecular complexity index is 1230. The molecule has 0 aliphatic carbocycles. The summed E-state index contributed by atoms with van der Waals surface area (Å²) in [7, 11) is 4.49. The highest BCUT2D eigenvalue weighted by atomic mass is 16.5. The molecule has 1 fully saturated rings. The lowest BCUT2D eigenvalue weighted by Gasteiger charge is -2.35. The van der Waals surface area contributed by atoms with E-state index in [1.807, 2.05) is 13.8 Å². The fourth-order valence-electron chi connectivity index (χ4n) is 3.88. The molecular weight excluding hydrogens is 452 g/mol. The smallest absolute Gasteiger partial charge is 0.343 e. The number of nitrogens with zero attached hydrogens (tertiary/aromatic N) is 6. The molecule has 0 radical (unpaired) electrons. The second-order valence-electron chi connectivity index (χ2n) is 8.33. The fraction of sp³-hybridized carbons (Fsp3) is 0.435. The summed E-state index contributed by atoms with van der Waals surface area (Å²) in [6.07, 6.45) is 1.50. The van der Waals surface area contributed by atoms with Gasteiger partial charge in [0.1, 0.15) is 17.2 Å². The van der Waals surface area contributed by atoms with Crippen molar-refractivity contribution in [3.63, 3.8) is 0 Å². The topological polar surface area (TPSA) is 141 Å². The van der Waals surface area contributed by atoms with E-state index in [9.17, 15) is 4.79 Å². The van der Waals surface area contributed by atoms with Crippen molar-refractivity contribution in [1.82, 2.24) is 19.9 Å². The molecule has 3 N–H and O–H groups in total. The largest absolute Gasteiger partial charge is 0.493 e. The lowest BCUT2D eigenvalue weighted by molar-refractivity contribution is 0.0601. The van der Waals surface area contributed by atoms with Gasteiger partial charge in [-0.05, 0) is 19.9 Å². The van der Waals surface area contributed by atoms with Crippen molar-refractivity contribution in [2.45, 2.75) is 19.9 Å². The molecule has 35 heavy (non-hydrogen) atoms. The van der Waals surface area contributed by atoms with E-state index in [0.717, 1.165) is 0 Å². The average Bonchev–Trinajstić information content (AvgIpc) is 2.87. The molecule has 4 rings (SSSR count). The van der Waals surface area contributed by atoms with Crippen molar-refractivity contribution in [2.75, 3.05) is 68.4 Å². The maximum Gasteiger partial charge on any atom is 0.343 e. The van der Waals surface area contributed by atoms with E-state index in [2.05, 4.69) is 30.1 Å². The molecule has 12 heteroatoms. The molecule has 0 saturated carbocycles. The van der Waals surface area contributed by atoms with Gasteiger partial charge in [0.2, 0.25) is 11.9 Å². The molecule has 186 valence electrons. The Morgan fingerprint density at radius 3 is 2.20 bits per heavy atom. The lowest BCUT2D eigenvalue weighted by Crippen LogP contribution is -2.47. The van der Waals surface area contributed by atoms with E-state index in [4.69, 9.17) is 24.9 Å². The van der Waals surface area contributed by atoms with Crippen molar-refractivity contribution in [3.05, 3.63) is 23.9 Å². The third kappa shape index (κ3) is 4.91. The van der Waals surface area contributed by atoms with Crippen molar-refractivity contribution in [3.8, 4) is 11.5 Å². The van der Waals surface area contributed by atoms with Crippen molar-refractivity contribution < 1.29 is 19.0 Å². The van der Waals surface area contributed by atoms with Crippen LogP contribution in [0.3, 0.4) is 0 Å². The average molecular weight is 483 g/mol. The summed E-state index contributed by atoms with van der Waals surface area (Å²) in [4.78, 5) is 34.5. The van der Waals surface area contributed by atoms with Crippen LogP contribution in [0.5, 0.6) is 11.5 Å². The Hall–Kier alpha value is -4.09. The first-order valence-electron chi connectivity index (χ1n) is 11.3. The van der Waals surface area contributed by atoms with Gasteiger partial charge >= 0.3 is 5.97 Å².